The molecule has 0 saturated carbocycles. The number of hydrogen-bond acceptors (Lipinski definition) is 5. The first-order chi connectivity index (χ1) is 12.1. The lowest BCUT2D eigenvalue weighted by molar-refractivity contribution is -0.147. The van der Waals surface area contributed by atoms with Crippen molar-refractivity contribution in [3.8, 4) is 17.1 Å². The molecule has 0 bridgehead atoms. The van der Waals surface area contributed by atoms with E-state index in [-0.39, 0.29) is 22.8 Å². The zero-order valence-electron chi connectivity index (χ0n) is 13.5. The van der Waals surface area contributed by atoms with Gasteiger partial charge in [0.05, 0.1) is 19.2 Å². The highest BCUT2D eigenvalue weighted by molar-refractivity contribution is 5.62. The van der Waals surface area contributed by atoms with Crippen LogP contribution >= 0.6 is 0 Å². The molecule has 0 spiro atoms. The molecule has 0 aliphatic rings. The minimum atomic E-state index is -4.57. The molecule has 0 fully saturated rings. The maximum Gasteiger partial charge on any atom is 0.397 e. The lowest BCUT2D eigenvalue weighted by atomic mass is 10.1. The van der Waals surface area contributed by atoms with Gasteiger partial charge in [0, 0.05) is 12.1 Å². The summed E-state index contributed by atoms with van der Waals surface area (Å²) in [5.74, 6) is -4.74. The van der Waals surface area contributed by atoms with E-state index in [1.807, 2.05) is 0 Å². The van der Waals surface area contributed by atoms with Gasteiger partial charge in [-0.15, -0.1) is 0 Å². The Morgan fingerprint density at radius 2 is 1.88 bits per heavy atom. The van der Waals surface area contributed by atoms with Crippen LogP contribution in [0, 0.1) is 11.6 Å². The summed E-state index contributed by atoms with van der Waals surface area (Å²) < 4.78 is 72.7. The van der Waals surface area contributed by atoms with Crippen molar-refractivity contribution in [3.05, 3.63) is 35.7 Å². The average Bonchev–Trinajstić information content (AvgIpc) is 2.98. The fourth-order valence-electron chi connectivity index (χ4n) is 2.35. The van der Waals surface area contributed by atoms with Gasteiger partial charge in [-0.3, -0.25) is 0 Å². The first-order valence-electron chi connectivity index (χ1n) is 7.24. The molecule has 26 heavy (non-hydrogen) atoms. The number of fused-ring (bicyclic) bond motifs is 1. The van der Waals surface area contributed by atoms with Crippen LogP contribution < -0.4 is 10.5 Å². The van der Waals surface area contributed by atoms with E-state index in [0.29, 0.717) is 6.07 Å². The van der Waals surface area contributed by atoms with E-state index < -0.39 is 35.2 Å². The maximum atomic E-state index is 14.1. The van der Waals surface area contributed by atoms with Gasteiger partial charge in [0.15, 0.2) is 23.1 Å². The predicted molar refractivity (Wildman–Crippen MR) is 81.6 cm³/mol. The number of imidazole rings is 1. The molecular formula is C15H12F5N5O. The van der Waals surface area contributed by atoms with E-state index in [1.54, 1.807) is 0 Å². The lowest BCUT2D eigenvalue weighted by Gasteiger charge is -2.18. The number of anilines is 1. The highest BCUT2D eigenvalue weighted by Gasteiger charge is 2.40. The molecule has 3 aromatic rings. The second-order valence-electron chi connectivity index (χ2n) is 5.46. The van der Waals surface area contributed by atoms with Gasteiger partial charge in [0.25, 0.3) is 0 Å². The molecule has 3 aromatic heterocycles. The van der Waals surface area contributed by atoms with Gasteiger partial charge in [-0.05, 0) is 6.92 Å². The van der Waals surface area contributed by atoms with Crippen LogP contribution in [-0.4, -0.2) is 32.9 Å². The Morgan fingerprint density at radius 3 is 2.50 bits per heavy atom. The predicted octanol–water partition coefficient (Wildman–Crippen LogP) is 3.33. The Bertz CT molecular complexity index is 985. The third-order valence-electron chi connectivity index (χ3n) is 3.80. The number of nitrogens with two attached hydrogens (primary N) is 1. The van der Waals surface area contributed by atoms with Crippen molar-refractivity contribution in [2.45, 2.75) is 19.0 Å². The Labute approximate surface area is 143 Å². The normalized spacial score (nSPS) is 13.2. The number of halogens is 5. The molecule has 0 saturated heterocycles. The fraction of sp³-hybridized carbons (Fsp3) is 0.267. The van der Waals surface area contributed by atoms with Crippen LogP contribution in [0.15, 0.2) is 18.3 Å². The van der Waals surface area contributed by atoms with E-state index in [2.05, 4.69) is 15.1 Å². The van der Waals surface area contributed by atoms with Crippen molar-refractivity contribution in [1.82, 2.24) is 19.6 Å². The number of nitrogen functional groups attached to an aromatic ring is 1. The van der Waals surface area contributed by atoms with Crippen molar-refractivity contribution < 1.29 is 26.7 Å². The zero-order valence-corrected chi connectivity index (χ0v) is 13.5. The summed E-state index contributed by atoms with van der Waals surface area (Å²) in [7, 11) is 1.20. The largest absolute Gasteiger partial charge is 0.495 e. The standard InChI is InChI=1S/C15H12F5N5O/c1-6(15(18,19)20)12-10(26-2)4-11-22-5-9(25(11)24-12)13-7(16)3-8(17)14(21)23-13/h3-6H,1-2H3,(H2,21,23). The Hall–Kier alpha value is -2.98. The van der Waals surface area contributed by atoms with Gasteiger partial charge < -0.3 is 10.5 Å². The SMILES string of the molecule is COc1cc2ncc(-c3nc(N)c(F)cc3F)n2nc1C(C)C(F)(F)F. The van der Waals surface area contributed by atoms with E-state index in [0.717, 1.165) is 17.6 Å². The summed E-state index contributed by atoms with van der Waals surface area (Å²) in [6.45, 7) is 0.919. The number of ether oxygens (including phenoxy) is 1. The molecule has 11 heteroatoms. The molecule has 1 atom stereocenters. The molecule has 6 nitrogen and oxygen atoms in total. The number of methoxy groups -OCH3 is 1. The maximum absolute atomic E-state index is 14.1. The average molecular weight is 373 g/mol. The van der Waals surface area contributed by atoms with E-state index in [9.17, 15) is 22.0 Å². The number of aromatic nitrogens is 4. The Kier molecular flexibility index (Phi) is 4.17. The summed E-state index contributed by atoms with van der Waals surface area (Å²) in [6.07, 6.45) is -3.43. The van der Waals surface area contributed by atoms with Crippen LogP contribution in [0.1, 0.15) is 18.5 Å². The van der Waals surface area contributed by atoms with Crippen LogP contribution in [0.25, 0.3) is 17.0 Å². The molecule has 2 N–H and O–H groups in total. The monoisotopic (exact) mass is 373 g/mol. The van der Waals surface area contributed by atoms with Gasteiger partial charge in [-0.1, -0.05) is 0 Å². The third kappa shape index (κ3) is 2.89. The highest BCUT2D eigenvalue weighted by atomic mass is 19.4. The van der Waals surface area contributed by atoms with E-state index >= 15 is 0 Å². The molecule has 138 valence electrons. The quantitative estimate of drug-likeness (QED) is 0.713. The Balaban J connectivity index is 2.26. The van der Waals surface area contributed by atoms with Gasteiger partial charge in [0.1, 0.15) is 22.8 Å². The second kappa shape index (κ2) is 6.07. The van der Waals surface area contributed by atoms with Crippen LogP contribution in [0.5, 0.6) is 5.75 Å². The first kappa shape index (κ1) is 17.8. The summed E-state index contributed by atoms with van der Waals surface area (Å²) in [6, 6.07) is 1.76. The summed E-state index contributed by atoms with van der Waals surface area (Å²) in [5, 5.41) is 3.91. The molecule has 0 aliphatic heterocycles. The molecule has 3 heterocycles. The number of alkyl halides is 3. The summed E-state index contributed by atoms with van der Waals surface area (Å²) >= 11 is 0. The van der Waals surface area contributed by atoms with Gasteiger partial charge in [-0.25, -0.2) is 23.3 Å². The fourth-order valence-corrected chi connectivity index (χ4v) is 2.35. The van der Waals surface area contributed by atoms with Crippen molar-refractivity contribution in [2.24, 2.45) is 0 Å². The summed E-state index contributed by atoms with van der Waals surface area (Å²) in [4.78, 5) is 7.56. The van der Waals surface area contributed by atoms with Crippen molar-refractivity contribution in [1.29, 1.82) is 0 Å². The second-order valence-corrected chi connectivity index (χ2v) is 5.46. The van der Waals surface area contributed by atoms with Crippen molar-refractivity contribution in [2.75, 3.05) is 12.8 Å². The first-order valence-corrected chi connectivity index (χ1v) is 7.24. The molecule has 3 rings (SSSR count). The lowest BCUT2D eigenvalue weighted by Crippen LogP contribution is -2.20. The third-order valence-corrected chi connectivity index (χ3v) is 3.80. The number of nitrogens with zero attached hydrogens (tertiary/aromatic N) is 4. The minimum Gasteiger partial charge on any atom is -0.495 e. The topological polar surface area (TPSA) is 78.3 Å². The highest BCUT2D eigenvalue weighted by Crippen LogP contribution is 2.38. The minimum absolute atomic E-state index is 0.0810. The van der Waals surface area contributed by atoms with Gasteiger partial charge in [-0.2, -0.15) is 18.3 Å². The molecule has 0 amide bonds. The smallest absolute Gasteiger partial charge is 0.397 e. The van der Waals surface area contributed by atoms with Crippen LogP contribution in [-0.2, 0) is 0 Å². The summed E-state index contributed by atoms with van der Waals surface area (Å²) in [5.41, 5.74) is 4.56. The van der Waals surface area contributed by atoms with Crippen LogP contribution in [0.3, 0.4) is 0 Å². The Morgan fingerprint density at radius 1 is 1.19 bits per heavy atom. The zero-order chi connectivity index (χ0) is 19.2. The van der Waals surface area contributed by atoms with E-state index in [4.69, 9.17) is 10.5 Å². The van der Waals surface area contributed by atoms with E-state index in [1.165, 1.54) is 13.2 Å². The number of hydrogen-bond donors (Lipinski definition) is 1. The van der Waals surface area contributed by atoms with Crippen molar-refractivity contribution >= 4 is 11.5 Å². The molecular weight excluding hydrogens is 361 g/mol. The molecule has 0 aromatic carbocycles. The van der Waals surface area contributed by atoms with Crippen molar-refractivity contribution in [3.63, 3.8) is 0 Å². The van der Waals surface area contributed by atoms with Gasteiger partial charge >= 0.3 is 6.18 Å². The van der Waals surface area contributed by atoms with Crippen LogP contribution in [0.4, 0.5) is 27.8 Å². The molecule has 0 radical (unpaired) electrons. The van der Waals surface area contributed by atoms with Gasteiger partial charge in [0.2, 0.25) is 0 Å². The molecule has 0 aliphatic carbocycles. The number of pyridine rings is 1. The molecule has 1 unspecified atom stereocenters. The van der Waals surface area contributed by atoms with Crippen LogP contribution in [0.2, 0.25) is 0 Å². The number of rotatable bonds is 3.